The number of sulfonamides is 1. The van der Waals surface area contributed by atoms with E-state index in [-0.39, 0.29) is 19.0 Å². The third kappa shape index (κ3) is 6.55. The summed E-state index contributed by atoms with van der Waals surface area (Å²) in [5.41, 5.74) is 1.84. The van der Waals surface area contributed by atoms with Crippen molar-refractivity contribution >= 4 is 21.6 Å². The molecule has 1 aromatic rings. The number of anilines is 1. The number of carbonyl (C=O) groups excluding carboxylic acids is 1. The van der Waals surface area contributed by atoms with E-state index in [1.807, 2.05) is 24.3 Å². The van der Waals surface area contributed by atoms with Gasteiger partial charge in [0.1, 0.15) is 0 Å². The van der Waals surface area contributed by atoms with E-state index in [4.69, 9.17) is 4.74 Å². The van der Waals surface area contributed by atoms with Crippen LogP contribution in [0.25, 0.3) is 0 Å². The van der Waals surface area contributed by atoms with Crippen LogP contribution in [-0.2, 0) is 26.0 Å². The van der Waals surface area contributed by atoms with Gasteiger partial charge in [-0.1, -0.05) is 19.1 Å². The van der Waals surface area contributed by atoms with Crippen LogP contribution in [0.4, 0.5) is 5.69 Å². The van der Waals surface area contributed by atoms with Crippen LogP contribution in [0.5, 0.6) is 0 Å². The van der Waals surface area contributed by atoms with Crippen LogP contribution in [0.3, 0.4) is 0 Å². The predicted octanol–water partition coefficient (Wildman–Crippen LogP) is 1.49. The number of nitrogens with zero attached hydrogens (tertiary/aromatic N) is 1. The van der Waals surface area contributed by atoms with Gasteiger partial charge < -0.3 is 10.1 Å². The Bertz CT molecular complexity index is 570. The van der Waals surface area contributed by atoms with E-state index in [1.54, 1.807) is 7.11 Å². The van der Waals surface area contributed by atoms with Crippen LogP contribution in [0, 0.1) is 0 Å². The third-order valence-electron chi connectivity index (χ3n) is 3.19. The molecule has 6 nitrogen and oxygen atoms in total. The second-order valence-electron chi connectivity index (χ2n) is 5.04. The number of hydrogen-bond donors (Lipinski definition) is 1. The number of hydrogen-bond acceptors (Lipinski definition) is 4. The number of ether oxygens (including phenoxy) is 1. The Balaban J connectivity index is 2.61. The topological polar surface area (TPSA) is 75.7 Å². The largest absolute Gasteiger partial charge is 0.385 e. The molecule has 0 bridgehead atoms. The Hall–Kier alpha value is -1.44. The van der Waals surface area contributed by atoms with Crippen molar-refractivity contribution in [2.75, 3.05) is 38.4 Å². The molecule has 1 N–H and O–H groups in total. The first-order valence-corrected chi connectivity index (χ1v) is 9.04. The van der Waals surface area contributed by atoms with Gasteiger partial charge in [0.15, 0.2) is 0 Å². The monoisotopic (exact) mass is 328 g/mol. The first kappa shape index (κ1) is 18.6. The van der Waals surface area contributed by atoms with E-state index < -0.39 is 10.0 Å². The number of aryl methyl sites for hydroxylation is 1. The third-order valence-corrected chi connectivity index (χ3v) is 4.44. The van der Waals surface area contributed by atoms with E-state index in [1.165, 1.54) is 5.56 Å². The fourth-order valence-corrected chi connectivity index (χ4v) is 2.74. The van der Waals surface area contributed by atoms with Gasteiger partial charge >= 0.3 is 0 Å². The second-order valence-corrected chi connectivity index (χ2v) is 7.02. The molecule has 1 aromatic carbocycles. The van der Waals surface area contributed by atoms with E-state index in [0.29, 0.717) is 18.7 Å². The average molecular weight is 328 g/mol. The van der Waals surface area contributed by atoms with Gasteiger partial charge in [-0.25, -0.2) is 8.42 Å². The number of amides is 1. The molecule has 1 rings (SSSR count). The van der Waals surface area contributed by atoms with Crippen molar-refractivity contribution in [3.8, 4) is 0 Å². The fourth-order valence-electron chi connectivity index (χ4n) is 1.93. The average Bonchev–Trinajstić information content (AvgIpc) is 2.46. The van der Waals surface area contributed by atoms with Crippen LogP contribution in [0.1, 0.15) is 18.9 Å². The number of nitrogens with one attached hydrogen (secondary N) is 1. The lowest BCUT2D eigenvalue weighted by atomic mass is 10.1. The van der Waals surface area contributed by atoms with Crippen LogP contribution in [0.2, 0.25) is 0 Å². The molecule has 0 heterocycles. The van der Waals surface area contributed by atoms with Crippen molar-refractivity contribution in [2.24, 2.45) is 0 Å². The lowest BCUT2D eigenvalue weighted by Crippen LogP contribution is -2.38. The zero-order valence-corrected chi connectivity index (χ0v) is 14.1. The summed E-state index contributed by atoms with van der Waals surface area (Å²) in [4.78, 5) is 12.0. The summed E-state index contributed by atoms with van der Waals surface area (Å²) < 4.78 is 29.5. The van der Waals surface area contributed by atoms with Crippen LogP contribution in [-0.4, -0.2) is 51.7 Å². The van der Waals surface area contributed by atoms with Crippen LogP contribution < -0.4 is 5.32 Å². The molecule has 0 aliphatic carbocycles. The summed E-state index contributed by atoms with van der Waals surface area (Å²) in [6.45, 7) is 2.57. The van der Waals surface area contributed by atoms with E-state index in [9.17, 15) is 13.2 Å². The van der Waals surface area contributed by atoms with Crippen molar-refractivity contribution in [3.63, 3.8) is 0 Å². The Kier molecular flexibility index (Phi) is 7.50. The Morgan fingerprint density at radius 1 is 1.27 bits per heavy atom. The van der Waals surface area contributed by atoms with Crippen LogP contribution >= 0.6 is 0 Å². The number of rotatable bonds is 9. The maximum absolute atomic E-state index is 12.0. The smallest absolute Gasteiger partial charge is 0.239 e. The Morgan fingerprint density at radius 3 is 2.41 bits per heavy atom. The van der Waals surface area contributed by atoms with Gasteiger partial charge in [-0.3, -0.25) is 4.79 Å². The number of methoxy groups -OCH3 is 1. The first-order valence-electron chi connectivity index (χ1n) is 7.19. The molecule has 1 amide bonds. The minimum Gasteiger partial charge on any atom is -0.385 e. The molecule has 0 spiro atoms. The Labute approximate surface area is 132 Å². The van der Waals surface area contributed by atoms with Gasteiger partial charge in [0.2, 0.25) is 15.9 Å². The number of carbonyl (C=O) groups is 1. The van der Waals surface area contributed by atoms with E-state index in [0.717, 1.165) is 17.0 Å². The molecule has 0 atom stereocenters. The molecule has 0 radical (unpaired) electrons. The standard InChI is InChI=1S/C15H24N2O4S/c1-4-13-6-8-14(9-7-13)16-15(18)12-17(22(3,19)20)10-5-11-21-2/h6-9H,4-5,10-12H2,1-3H3,(H,16,18). The van der Waals surface area contributed by atoms with Gasteiger partial charge in [0.05, 0.1) is 12.8 Å². The molecule has 0 fully saturated rings. The normalized spacial score (nSPS) is 11.6. The molecule has 0 saturated carbocycles. The highest BCUT2D eigenvalue weighted by Crippen LogP contribution is 2.10. The summed E-state index contributed by atoms with van der Waals surface area (Å²) in [5.74, 6) is -0.355. The number of benzene rings is 1. The second kappa shape index (κ2) is 8.87. The predicted molar refractivity (Wildman–Crippen MR) is 87.4 cm³/mol. The summed E-state index contributed by atoms with van der Waals surface area (Å²) in [5, 5.41) is 2.71. The molecule has 0 saturated heterocycles. The highest BCUT2D eigenvalue weighted by atomic mass is 32.2. The highest BCUT2D eigenvalue weighted by Gasteiger charge is 2.19. The van der Waals surface area contributed by atoms with Crippen molar-refractivity contribution in [3.05, 3.63) is 29.8 Å². The zero-order valence-electron chi connectivity index (χ0n) is 13.3. The van der Waals surface area contributed by atoms with Crippen molar-refractivity contribution in [1.82, 2.24) is 4.31 Å². The molecule has 7 heteroatoms. The quantitative estimate of drug-likeness (QED) is 0.697. The van der Waals surface area contributed by atoms with Crippen LogP contribution in [0.15, 0.2) is 24.3 Å². The van der Waals surface area contributed by atoms with Crippen molar-refractivity contribution in [1.29, 1.82) is 0 Å². The van der Waals surface area contributed by atoms with Gasteiger partial charge in [0.25, 0.3) is 0 Å². The molecular weight excluding hydrogens is 304 g/mol. The summed E-state index contributed by atoms with van der Waals surface area (Å²) in [7, 11) is -1.87. The maximum atomic E-state index is 12.0. The van der Waals surface area contributed by atoms with Gasteiger partial charge in [-0.2, -0.15) is 4.31 Å². The lowest BCUT2D eigenvalue weighted by Gasteiger charge is -2.19. The molecule has 0 unspecified atom stereocenters. The molecular formula is C15H24N2O4S. The Morgan fingerprint density at radius 2 is 1.91 bits per heavy atom. The first-order chi connectivity index (χ1) is 10.4. The van der Waals surface area contributed by atoms with E-state index in [2.05, 4.69) is 12.2 Å². The zero-order chi connectivity index (χ0) is 16.6. The summed E-state index contributed by atoms with van der Waals surface area (Å²) >= 11 is 0. The van der Waals surface area contributed by atoms with Crippen molar-refractivity contribution < 1.29 is 17.9 Å². The van der Waals surface area contributed by atoms with Gasteiger partial charge in [0, 0.05) is 25.9 Å². The van der Waals surface area contributed by atoms with E-state index >= 15 is 0 Å². The van der Waals surface area contributed by atoms with Gasteiger partial charge in [-0.05, 0) is 30.5 Å². The summed E-state index contributed by atoms with van der Waals surface area (Å²) in [6, 6.07) is 7.49. The molecule has 22 heavy (non-hydrogen) atoms. The highest BCUT2D eigenvalue weighted by molar-refractivity contribution is 7.88. The lowest BCUT2D eigenvalue weighted by molar-refractivity contribution is -0.116. The molecule has 124 valence electrons. The summed E-state index contributed by atoms with van der Waals surface area (Å²) in [6.07, 6.45) is 2.57. The molecule has 0 aromatic heterocycles. The fraction of sp³-hybridized carbons (Fsp3) is 0.533. The maximum Gasteiger partial charge on any atom is 0.239 e. The molecule has 0 aliphatic heterocycles. The van der Waals surface area contributed by atoms with Gasteiger partial charge in [-0.15, -0.1) is 0 Å². The SMILES string of the molecule is CCc1ccc(NC(=O)CN(CCCOC)S(C)(=O)=O)cc1. The minimum atomic E-state index is -3.43. The molecule has 0 aliphatic rings. The van der Waals surface area contributed by atoms with Crippen molar-refractivity contribution in [2.45, 2.75) is 19.8 Å². The minimum absolute atomic E-state index is 0.196.